The van der Waals surface area contributed by atoms with Gasteiger partial charge in [-0.2, -0.15) is 0 Å². The average Bonchev–Trinajstić information content (AvgIpc) is 2.57. The highest BCUT2D eigenvalue weighted by molar-refractivity contribution is 5.36. The Bertz CT molecular complexity index is 462. The van der Waals surface area contributed by atoms with Crippen LogP contribution >= 0.6 is 0 Å². The van der Waals surface area contributed by atoms with E-state index in [0.29, 0.717) is 18.7 Å². The van der Waals surface area contributed by atoms with E-state index in [0.717, 1.165) is 45.0 Å². The van der Waals surface area contributed by atoms with Gasteiger partial charge in [-0.15, -0.1) is 0 Å². The van der Waals surface area contributed by atoms with Gasteiger partial charge >= 0.3 is 0 Å². The lowest BCUT2D eigenvalue weighted by Gasteiger charge is -2.40. The predicted molar refractivity (Wildman–Crippen MR) is 97.2 cm³/mol. The van der Waals surface area contributed by atoms with Gasteiger partial charge in [0.15, 0.2) is 0 Å². The van der Waals surface area contributed by atoms with E-state index in [9.17, 15) is 0 Å². The number of nitrogens with one attached hydrogen (secondary N) is 1. The van der Waals surface area contributed by atoms with E-state index in [4.69, 9.17) is 4.74 Å². The van der Waals surface area contributed by atoms with Crippen LogP contribution in [0.25, 0.3) is 0 Å². The molecule has 1 aromatic carbocycles. The first-order valence-electron chi connectivity index (χ1n) is 9.11. The Kier molecular flexibility index (Phi) is 7.34. The number of likely N-dealkylation sites (N-methyl/N-ethyl adjacent to an activating group) is 1. The van der Waals surface area contributed by atoms with Crippen molar-refractivity contribution in [3.05, 3.63) is 29.8 Å². The molecule has 4 heteroatoms. The molecule has 1 aromatic rings. The fourth-order valence-electron chi connectivity index (χ4n) is 3.42. The fourth-order valence-corrected chi connectivity index (χ4v) is 3.42. The highest BCUT2D eigenvalue weighted by Gasteiger charge is 2.28. The molecule has 0 bridgehead atoms. The molecule has 1 N–H and O–H groups in total. The normalized spacial score (nSPS) is 20.7. The molecule has 0 spiro atoms. The zero-order chi connectivity index (χ0) is 16.7. The van der Waals surface area contributed by atoms with Crippen molar-refractivity contribution >= 4 is 0 Å². The van der Waals surface area contributed by atoms with Gasteiger partial charge in [0.05, 0.1) is 12.6 Å². The Balaban J connectivity index is 2.28. The maximum Gasteiger partial charge on any atom is 0.124 e. The van der Waals surface area contributed by atoms with Crippen molar-refractivity contribution in [2.75, 3.05) is 45.9 Å². The molecular weight excluding hydrogens is 286 g/mol. The molecule has 23 heavy (non-hydrogen) atoms. The van der Waals surface area contributed by atoms with Gasteiger partial charge in [0.1, 0.15) is 5.75 Å². The smallest absolute Gasteiger partial charge is 0.124 e. The van der Waals surface area contributed by atoms with Crippen LogP contribution in [0.5, 0.6) is 5.75 Å². The molecule has 130 valence electrons. The van der Waals surface area contributed by atoms with E-state index in [2.05, 4.69) is 67.1 Å². The molecule has 1 aliphatic heterocycles. The van der Waals surface area contributed by atoms with Crippen molar-refractivity contribution in [3.63, 3.8) is 0 Å². The summed E-state index contributed by atoms with van der Waals surface area (Å²) in [4.78, 5) is 5.14. The summed E-state index contributed by atoms with van der Waals surface area (Å²) in [6.45, 7) is 16.0. The number of rotatable bonds is 8. The minimum Gasteiger partial charge on any atom is -0.494 e. The molecule has 0 radical (unpaired) electrons. The minimum absolute atomic E-state index is 0.391. The van der Waals surface area contributed by atoms with E-state index in [1.807, 2.05) is 0 Å². The first-order valence-corrected chi connectivity index (χ1v) is 9.11. The van der Waals surface area contributed by atoms with Gasteiger partial charge in [0.25, 0.3) is 0 Å². The van der Waals surface area contributed by atoms with Crippen molar-refractivity contribution in [2.45, 2.75) is 39.8 Å². The molecule has 2 unspecified atom stereocenters. The second-order valence-electron chi connectivity index (χ2n) is 6.32. The number of benzene rings is 1. The Morgan fingerprint density at radius 2 is 2.00 bits per heavy atom. The monoisotopic (exact) mass is 319 g/mol. The van der Waals surface area contributed by atoms with Crippen LogP contribution in [0.4, 0.5) is 0 Å². The fraction of sp³-hybridized carbons (Fsp3) is 0.684. The standard InChI is InChI=1S/C19H33N3O/c1-5-21(6-2)15-18(22-13-12-20-16(4)14-22)17-10-8-9-11-19(17)23-7-3/h8-11,16,18,20H,5-7,12-15H2,1-4H3. The van der Waals surface area contributed by atoms with Gasteiger partial charge in [-0.1, -0.05) is 32.0 Å². The Morgan fingerprint density at radius 3 is 2.65 bits per heavy atom. The van der Waals surface area contributed by atoms with Crippen LogP contribution in [0.1, 0.15) is 39.3 Å². The number of nitrogens with zero attached hydrogens (tertiary/aromatic N) is 2. The Labute approximate surface area is 141 Å². The zero-order valence-electron chi connectivity index (χ0n) is 15.2. The number of piperazine rings is 1. The Morgan fingerprint density at radius 1 is 1.26 bits per heavy atom. The van der Waals surface area contributed by atoms with Crippen LogP contribution in [-0.2, 0) is 0 Å². The lowest BCUT2D eigenvalue weighted by Crippen LogP contribution is -2.52. The van der Waals surface area contributed by atoms with Crippen LogP contribution < -0.4 is 10.1 Å². The summed E-state index contributed by atoms with van der Waals surface area (Å²) in [6, 6.07) is 9.50. The molecule has 0 amide bonds. The zero-order valence-corrected chi connectivity index (χ0v) is 15.2. The predicted octanol–water partition coefficient (Wildman–Crippen LogP) is 2.76. The van der Waals surface area contributed by atoms with E-state index in [-0.39, 0.29) is 0 Å². The summed E-state index contributed by atoms with van der Waals surface area (Å²) in [7, 11) is 0. The molecule has 2 rings (SSSR count). The van der Waals surface area contributed by atoms with E-state index in [1.165, 1.54) is 5.56 Å². The van der Waals surface area contributed by atoms with Gasteiger partial charge in [0, 0.05) is 37.8 Å². The molecule has 0 aromatic heterocycles. The summed E-state index contributed by atoms with van der Waals surface area (Å²) in [5.41, 5.74) is 1.33. The second kappa shape index (κ2) is 9.26. The molecule has 0 saturated carbocycles. The van der Waals surface area contributed by atoms with Gasteiger partial charge in [-0.05, 0) is 33.0 Å². The molecular formula is C19H33N3O. The summed E-state index contributed by atoms with van der Waals surface area (Å²) >= 11 is 0. The number of hydrogen-bond acceptors (Lipinski definition) is 4. The molecule has 2 atom stereocenters. The second-order valence-corrected chi connectivity index (χ2v) is 6.32. The van der Waals surface area contributed by atoms with Gasteiger partial charge < -0.3 is 15.0 Å². The van der Waals surface area contributed by atoms with Crippen molar-refractivity contribution in [3.8, 4) is 5.75 Å². The highest BCUT2D eigenvalue weighted by Crippen LogP contribution is 2.31. The van der Waals surface area contributed by atoms with E-state index >= 15 is 0 Å². The third kappa shape index (κ3) is 4.93. The highest BCUT2D eigenvalue weighted by atomic mass is 16.5. The molecule has 4 nitrogen and oxygen atoms in total. The van der Waals surface area contributed by atoms with Crippen LogP contribution in [0.3, 0.4) is 0 Å². The number of ether oxygens (including phenoxy) is 1. The average molecular weight is 319 g/mol. The lowest BCUT2D eigenvalue weighted by molar-refractivity contribution is 0.110. The van der Waals surface area contributed by atoms with E-state index in [1.54, 1.807) is 0 Å². The van der Waals surface area contributed by atoms with Crippen molar-refractivity contribution in [1.29, 1.82) is 0 Å². The van der Waals surface area contributed by atoms with Crippen LogP contribution in [-0.4, -0.2) is 61.7 Å². The van der Waals surface area contributed by atoms with Gasteiger partial charge in [0.2, 0.25) is 0 Å². The van der Waals surface area contributed by atoms with Crippen LogP contribution in [0.2, 0.25) is 0 Å². The lowest BCUT2D eigenvalue weighted by atomic mass is 10.0. The summed E-state index contributed by atoms with van der Waals surface area (Å²) in [5.74, 6) is 1.04. The summed E-state index contributed by atoms with van der Waals surface area (Å²) in [5, 5.41) is 3.55. The van der Waals surface area contributed by atoms with Crippen LogP contribution in [0, 0.1) is 0 Å². The van der Waals surface area contributed by atoms with Gasteiger partial charge in [-0.25, -0.2) is 0 Å². The Hall–Kier alpha value is -1.10. The van der Waals surface area contributed by atoms with Crippen molar-refractivity contribution < 1.29 is 4.74 Å². The third-order valence-corrected chi connectivity index (χ3v) is 4.74. The SMILES string of the molecule is CCOc1ccccc1C(CN(CC)CC)N1CCNC(C)C1. The summed E-state index contributed by atoms with van der Waals surface area (Å²) < 4.78 is 5.92. The maximum absolute atomic E-state index is 5.92. The number of para-hydroxylation sites is 1. The number of hydrogen-bond donors (Lipinski definition) is 1. The minimum atomic E-state index is 0.391. The molecule has 0 aliphatic carbocycles. The molecule has 1 saturated heterocycles. The molecule has 1 heterocycles. The molecule has 1 aliphatic rings. The van der Waals surface area contributed by atoms with Crippen molar-refractivity contribution in [1.82, 2.24) is 15.1 Å². The largest absolute Gasteiger partial charge is 0.494 e. The molecule has 1 fully saturated rings. The maximum atomic E-state index is 5.92. The van der Waals surface area contributed by atoms with Crippen LogP contribution in [0.15, 0.2) is 24.3 Å². The summed E-state index contributed by atoms with van der Waals surface area (Å²) in [6.07, 6.45) is 0. The first-order chi connectivity index (χ1) is 11.2. The first kappa shape index (κ1) is 18.2. The third-order valence-electron chi connectivity index (χ3n) is 4.74. The van der Waals surface area contributed by atoms with E-state index < -0.39 is 0 Å². The topological polar surface area (TPSA) is 27.7 Å². The van der Waals surface area contributed by atoms with Gasteiger partial charge in [-0.3, -0.25) is 4.90 Å². The van der Waals surface area contributed by atoms with Crippen molar-refractivity contribution in [2.24, 2.45) is 0 Å². The quantitative estimate of drug-likeness (QED) is 0.797.